The van der Waals surface area contributed by atoms with Gasteiger partial charge in [0.05, 0.1) is 19.0 Å². The van der Waals surface area contributed by atoms with Gasteiger partial charge in [0.25, 0.3) is 0 Å². The zero-order valence-corrected chi connectivity index (χ0v) is 9.82. The van der Waals surface area contributed by atoms with Crippen LogP contribution in [0.3, 0.4) is 0 Å². The van der Waals surface area contributed by atoms with Crippen LogP contribution in [-0.2, 0) is 0 Å². The van der Waals surface area contributed by atoms with E-state index < -0.39 is 0 Å². The number of benzene rings is 1. The summed E-state index contributed by atoms with van der Waals surface area (Å²) in [5.41, 5.74) is 2.34. The van der Waals surface area contributed by atoms with Crippen LogP contribution in [-0.4, -0.2) is 21.3 Å². The maximum atomic E-state index is 8.70. The van der Waals surface area contributed by atoms with Crippen molar-refractivity contribution in [1.82, 2.24) is 9.55 Å². The molecule has 17 heavy (non-hydrogen) atoms. The number of hydrogen-bond donors (Lipinski definition) is 1. The maximum Gasteiger partial charge on any atom is 0.0951 e. The van der Waals surface area contributed by atoms with Crippen LogP contribution in [0.2, 0.25) is 0 Å². The lowest BCUT2D eigenvalue weighted by Gasteiger charge is -2.13. The highest BCUT2D eigenvalue weighted by Gasteiger charge is 2.05. The highest BCUT2D eigenvalue weighted by molar-refractivity contribution is 5.49. The van der Waals surface area contributed by atoms with Crippen molar-refractivity contribution in [2.45, 2.75) is 13.0 Å². The van der Waals surface area contributed by atoms with Gasteiger partial charge in [-0.25, -0.2) is 4.98 Å². The fraction of sp³-hybridized carbons (Fsp3) is 0.214. The molecule has 1 aromatic carbocycles. The normalized spacial score (nSPS) is 13.1. The van der Waals surface area contributed by atoms with Gasteiger partial charge in [-0.1, -0.05) is 36.4 Å². The second kappa shape index (κ2) is 5.46. The molecule has 0 aliphatic heterocycles. The van der Waals surface area contributed by atoms with Gasteiger partial charge in [0.2, 0.25) is 0 Å². The predicted molar refractivity (Wildman–Crippen MR) is 68.6 cm³/mol. The molecule has 1 N–H and O–H groups in total. The van der Waals surface area contributed by atoms with Crippen LogP contribution in [0.1, 0.15) is 24.1 Å². The van der Waals surface area contributed by atoms with Crippen LogP contribution in [0, 0.1) is 0 Å². The summed E-state index contributed by atoms with van der Waals surface area (Å²) in [4.78, 5) is 4.05. The predicted octanol–water partition coefficient (Wildman–Crippen LogP) is 2.50. The lowest BCUT2D eigenvalue weighted by atomic mass is 10.1. The standard InChI is InChI=1S/C14H16N2O/c1-12(16-9-8-15-11-16)14-6-4-13(5-7-14)3-2-10-17/h2-9,11-12,17H,10H2,1H3. The number of aliphatic hydroxyl groups is 1. The van der Waals surface area contributed by atoms with E-state index in [4.69, 9.17) is 5.11 Å². The summed E-state index contributed by atoms with van der Waals surface area (Å²) >= 11 is 0. The second-order valence-corrected chi connectivity index (χ2v) is 3.94. The van der Waals surface area contributed by atoms with E-state index in [9.17, 15) is 0 Å². The molecular weight excluding hydrogens is 212 g/mol. The third-order valence-corrected chi connectivity index (χ3v) is 2.81. The van der Waals surface area contributed by atoms with E-state index in [1.165, 1.54) is 5.56 Å². The minimum absolute atomic E-state index is 0.0766. The molecule has 3 nitrogen and oxygen atoms in total. The molecule has 88 valence electrons. The molecule has 1 atom stereocenters. The third kappa shape index (κ3) is 2.82. The van der Waals surface area contributed by atoms with Crippen LogP contribution in [0.4, 0.5) is 0 Å². The summed E-state index contributed by atoms with van der Waals surface area (Å²) in [5, 5.41) is 8.70. The minimum atomic E-state index is 0.0766. The van der Waals surface area contributed by atoms with Crippen molar-refractivity contribution in [3.63, 3.8) is 0 Å². The average Bonchev–Trinajstić information content (AvgIpc) is 2.90. The van der Waals surface area contributed by atoms with Crippen LogP contribution >= 0.6 is 0 Å². The second-order valence-electron chi connectivity index (χ2n) is 3.94. The van der Waals surface area contributed by atoms with Gasteiger partial charge in [-0.05, 0) is 18.1 Å². The Morgan fingerprint density at radius 3 is 2.71 bits per heavy atom. The molecule has 0 amide bonds. The molecule has 3 heteroatoms. The Bertz CT molecular complexity index is 471. The van der Waals surface area contributed by atoms with E-state index >= 15 is 0 Å². The lowest BCUT2D eigenvalue weighted by Crippen LogP contribution is -2.03. The van der Waals surface area contributed by atoms with Gasteiger partial charge in [-0.3, -0.25) is 0 Å². The van der Waals surface area contributed by atoms with E-state index in [0.29, 0.717) is 0 Å². The van der Waals surface area contributed by atoms with Gasteiger partial charge in [0, 0.05) is 12.4 Å². The van der Waals surface area contributed by atoms with Crippen LogP contribution in [0.25, 0.3) is 6.08 Å². The number of nitrogens with zero attached hydrogens (tertiary/aromatic N) is 2. The van der Waals surface area contributed by atoms with E-state index in [1.807, 2.05) is 18.6 Å². The molecule has 1 heterocycles. The summed E-state index contributed by atoms with van der Waals surface area (Å²) in [7, 11) is 0. The Balaban J connectivity index is 2.15. The monoisotopic (exact) mass is 228 g/mol. The van der Waals surface area contributed by atoms with E-state index in [1.54, 1.807) is 12.3 Å². The first-order chi connectivity index (χ1) is 8.31. The molecule has 0 fully saturated rings. The zero-order valence-electron chi connectivity index (χ0n) is 9.82. The molecule has 1 unspecified atom stereocenters. The Labute approximate surface area is 101 Å². The minimum Gasteiger partial charge on any atom is -0.392 e. The number of aromatic nitrogens is 2. The quantitative estimate of drug-likeness (QED) is 0.873. The lowest BCUT2D eigenvalue weighted by molar-refractivity contribution is 0.343. The summed E-state index contributed by atoms with van der Waals surface area (Å²) in [6.07, 6.45) is 9.21. The molecule has 0 spiro atoms. The Hall–Kier alpha value is -1.87. The highest BCUT2D eigenvalue weighted by atomic mass is 16.2. The fourth-order valence-corrected chi connectivity index (χ4v) is 1.75. The topological polar surface area (TPSA) is 38.0 Å². The van der Waals surface area contributed by atoms with Crippen molar-refractivity contribution in [3.8, 4) is 0 Å². The maximum absolute atomic E-state index is 8.70. The van der Waals surface area contributed by atoms with E-state index in [-0.39, 0.29) is 12.6 Å². The molecule has 0 bridgehead atoms. The molecule has 1 aromatic heterocycles. The SMILES string of the molecule is CC(c1ccc(C=CCO)cc1)n1ccnc1. The number of aliphatic hydroxyl groups excluding tert-OH is 1. The Kier molecular flexibility index (Phi) is 3.73. The van der Waals surface area contributed by atoms with Crippen molar-refractivity contribution in [2.75, 3.05) is 6.61 Å². The van der Waals surface area contributed by atoms with Crippen LogP contribution in [0.5, 0.6) is 0 Å². The van der Waals surface area contributed by atoms with Gasteiger partial charge < -0.3 is 9.67 Å². The summed E-state index contributed by atoms with van der Waals surface area (Å²) in [6.45, 7) is 2.22. The average molecular weight is 228 g/mol. The molecule has 0 saturated carbocycles. The van der Waals surface area contributed by atoms with E-state index in [2.05, 4.69) is 40.7 Å². The Morgan fingerprint density at radius 1 is 1.35 bits per heavy atom. The highest BCUT2D eigenvalue weighted by Crippen LogP contribution is 2.18. The third-order valence-electron chi connectivity index (χ3n) is 2.81. The van der Waals surface area contributed by atoms with Crippen LogP contribution < -0.4 is 0 Å². The number of rotatable bonds is 4. The van der Waals surface area contributed by atoms with Gasteiger partial charge in [-0.15, -0.1) is 0 Å². The molecule has 0 aliphatic rings. The fourth-order valence-electron chi connectivity index (χ4n) is 1.75. The first-order valence-electron chi connectivity index (χ1n) is 5.66. The first-order valence-corrected chi connectivity index (χ1v) is 5.66. The molecule has 0 saturated heterocycles. The molecule has 0 radical (unpaired) electrons. The number of imidazole rings is 1. The van der Waals surface area contributed by atoms with Gasteiger partial charge in [-0.2, -0.15) is 0 Å². The zero-order chi connectivity index (χ0) is 12.1. The van der Waals surface area contributed by atoms with E-state index in [0.717, 1.165) is 5.56 Å². The number of hydrogen-bond acceptors (Lipinski definition) is 2. The molecule has 2 aromatic rings. The van der Waals surface area contributed by atoms with Gasteiger partial charge >= 0.3 is 0 Å². The summed E-state index contributed by atoms with van der Waals surface area (Å²) in [5.74, 6) is 0. The van der Waals surface area contributed by atoms with Gasteiger partial charge in [0.15, 0.2) is 0 Å². The van der Waals surface area contributed by atoms with Crippen molar-refractivity contribution in [1.29, 1.82) is 0 Å². The van der Waals surface area contributed by atoms with Crippen molar-refractivity contribution in [2.24, 2.45) is 0 Å². The summed E-state index contributed by atoms with van der Waals surface area (Å²) < 4.78 is 2.07. The van der Waals surface area contributed by atoms with Crippen molar-refractivity contribution < 1.29 is 5.11 Å². The molecule has 2 rings (SSSR count). The summed E-state index contributed by atoms with van der Waals surface area (Å²) in [6, 6.07) is 8.58. The van der Waals surface area contributed by atoms with Gasteiger partial charge in [0.1, 0.15) is 0 Å². The molecular formula is C14H16N2O. The van der Waals surface area contributed by atoms with Crippen molar-refractivity contribution >= 4 is 6.08 Å². The largest absolute Gasteiger partial charge is 0.392 e. The smallest absolute Gasteiger partial charge is 0.0951 e. The van der Waals surface area contributed by atoms with Crippen molar-refractivity contribution in [3.05, 3.63) is 60.2 Å². The Morgan fingerprint density at radius 2 is 2.12 bits per heavy atom. The van der Waals surface area contributed by atoms with Crippen LogP contribution in [0.15, 0.2) is 49.1 Å². The first kappa shape index (κ1) is 11.6. The molecule has 0 aliphatic carbocycles.